The van der Waals surface area contributed by atoms with E-state index in [0.29, 0.717) is 12.2 Å². The van der Waals surface area contributed by atoms with Crippen molar-refractivity contribution >= 4 is 23.0 Å². The Bertz CT molecular complexity index is 891. The Hall–Kier alpha value is -1.99. The Morgan fingerprint density at radius 3 is 2.57 bits per heavy atom. The number of aromatic nitrogens is 2. The van der Waals surface area contributed by atoms with Crippen molar-refractivity contribution in [3.63, 3.8) is 0 Å². The van der Waals surface area contributed by atoms with Gasteiger partial charge in [0.25, 0.3) is 0 Å². The number of thiophene rings is 1. The Morgan fingerprint density at radius 2 is 2.00 bits per heavy atom. The molecule has 152 valence electrons. The number of aryl methyl sites for hydroxylation is 1. The SMILES string of the molecule is CNC(=O)[C@@H](CC(=O)c1nc(-c2cscc2C)n2c1CN(C)CC2)C(C)(C)C. The molecule has 0 saturated heterocycles. The van der Waals surface area contributed by atoms with E-state index < -0.39 is 5.92 Å². The molecule has 7 heteroatoms. The number of imidazole rings is 1. The molecule has 2 aromatic rings. The summed E-state index contributed by atoms with van der Waals surface area (Å²) in [6.07, 6.45) is 0.166. The smallest absolute Gasteiger partial charge is 0.223 e. The predicted octanol–water partition coefficient (Wildman–Crippen LogP) is 3.35. The number of likely N-dealkylation sites (N-methyl/N-ethyl adjacent to an activating group) is 1. The fourth-order valence-corrected chi connectivity index (χ4v) is 4.59. The third-order valence-electron chi connectivity index (χ3n) is 5.56. The first-order valence-electron chi connectivity index (χ1n) is 9.69. The van der Waals surface area contributed by atoms with Gasteiger partial charge in [-0.3, -0.25) is 14.5 Å². The van der Waals surface area contributed by atoms with Gasteiger partial charge >= 0.3 is 0 Å². The molecule has 3 heterocycles. The molecule has 0 aliphatic carbocycles. The molecular formula is C21H30N4O2S. The van der Waals surface area contributed by atoms with Crippen molar-refractivity contribution in [1.82, 2.24) is 19.8 Å². The van der Waals surface area contributed by atoms with Crippen LogP contribution in [0.4, 0.5) is 0 Å². The minimum absolute atomic E-state index is 0.0540. The molecule has 1 amide bonds. The number of nitrogens with zero attached hydrogens (tertiary/aromatic N) is 3. The van der Waals surface area contributed by atoms with E-state index in [2.05, 4.69) is 39.5 Å². The number of carbonyl (C=O) groups is 2. The van der Waals surface area contributed by atoms with Gasteiger partial charge < -0.3 is 9.88 Å². The highest BCUT2D eigenvalue weighted by Gasteiger charge is 2.35. The summed E-state index contributed by atoms with van der Waals surface area (Å²) in [5, 5.41) is 6.91. The average molecular weight is 403 g/mol. The van der Waals surface area contributed by atoms with Crippen molar-refractivity contribution in [3.8, 4) is 11.4 Å². The van der Waals surface area contributed by atoms with Crippen LogP contribution in [0.3, 0.4) is 0 Å². The van der Waals surface area contributed by atoms with Gasteiger partial charge in [0.05, 0.1) is 11.6 Å². The van der Waals surface area contributed by atoms with Crippen molar-refractivity contribution < 1.29 is 9.59 Å². The number of amides is 1. The molecule has 0 aromatic carbocycles. The number of nitrogens with one attached hydrogen (secondary N) is 1. The minimum atomic E-state index is -0.394. The fourth-order valence-electron chi connectivity index (χ4n) is 3.76. The molecule has 28 heavy (non-hydrogen) atoms. The molecule has 6 nitrogen and oxygen atoms in total. The molecule has 0 saturated carbocycles. The molecule has 1 N–H and O–H groups in total. The lowest BCUT2D eigenvalue weighted by Gasteiger charge is -2.29. The van der Waals surface area contributed by atoms with Crippen LogP contribution >= 0.6 is 11.3 Å². The normalized spacial score (nSPS) is 15.9. The van der Waals surface area contributed by atoms with Gasteiger partial charge in [0.1, 0.15) is 11.5 Å². The van der Waals surface area contributed by atoms with Crippen LogP contribution in [0.25, 0.3) is 11.4 Å². The second-order valence-electron chi connectivity index (χ2n) is 8.75. The molecule has 0 fully saturated rings. The van der Waals surface area contributed by atoms with Crippen LogP contribution in [0.15, 0.2) is 10.8 Å². The lowest BCUT2D eigenvalue weighted by molar-refractivity contribution is -0.127. The zero-order valence-electron chi connectivity index (χ0n) is 17.6. The van der Waals surface area contributed by atoms with Gasteiger partial charge in [0.2, 0.25) is 5.91 Å². The van der Waals surface area contributed by atoms with E-state index in [1.807, 2.05) is 20.8 Å². The second-order valence-corrected chi connectivity index (χ2v) is 9.49. The number of Topliss-reactive ketones (excluding diaryl/α,β-unsaturated/α-hetero) is 1. The molecule has 0 spiro atoms. The molecular weight excluding hydrogens is 372 g/mol. The maximum atomic E-state index is 13.3. The molecule has 1 atom stereocenters. The van der Waals surface area contributed by atoms with E-state index in [1.165, 1.54) is 5.56 Å². The van der Waals surface area contributed by atoms with E-state index >= 15 is 0 Å². The summed E-state index contributed by atoms with van der Waals surface area (Å²) < 4.78 is 2.19. The van der Waals surface area contributed by atoms with Crippen molar-refractivity contribution in [2.45, 2.75) is 47.2 Å². The number of fused-ring (bicyclic) bond motifs is 1. The third kappa shape index (κ3) is 3.91. The fraction of sp³-hybridized carbons (Fsp3) is 0.571. The maximum Gasteiger partial charge on any atom is 0.223 e. The number of hydrogen-bond acceptors (Lipinski definition) is 5. The molecule has 0 bridgehead atoms. The monoisotopic (exact) mass is 402 g/mol. The van der Waals surface area contributed by atoms with Crippen LogP contribution in [-0.2, 0) is 17.9 Å². The van der Waals surface area contributed by atoms with Crippen LogP contribution in [-0.4, -0.2) is 46.8 Å². The summed E-state index contributed by atoms with van der Waals surface area (Å²) in [4.78, 5) is 32.7. The lowest BCUT2D eigenvalue weighted by Crippen LogP contribution is -2.38. The molecule has 1 aliphatic heterocycles. The van der Waals surface area contributed by atoms with E-state index in [4.69, 9.17) is 4.98 Å². The summed E-state index contributed by atoms with van der Waals surface area (Å²) in [5.74, 6) is 0.328. The lowest BCUT2D eigenvalue weighted by atomic mass is 9.77. The highest BCUT2D eigenvalue weighted by molar-refractivity contribution is 7.08. The average Bonchev–Trinajstić information content (AvgIpc) is 3.20. The first kappa shape index (κ1) is 20.7. The summed E-state index contributed by atoms with van der Waals surface area (Å²) in [5.41, 5.74) is 3.44. The van der Waals surface area contributed by atoms with Crippen LogP contribution in [0.5, 0.6) is 0 Å². The highest BCUT2D eigenvalue weighted by Crippen LogP contribution is 2.33. The number of rotatable bonds is 5. The van der Waals surface area contributed by atoms with Crippen molar-refractivity contribution in [2.75, 3.05) is 20.6 Å². The van der Waals surface area contributed by atoms with Crippen LogP contribution < -0.4 is 5.32 Å². The van der Waals surface area contributed by atoms with Gasteiger partial charge in [-0.2, -0.15) is 11.3 Å². The Morgan fingerprint density at radius 1 is 1.29 bits per heavy atom. The molecule has 1 aliphatic rings. The van der Waals surface area contributed by atoms with Crippen molar-refractivity contribution in [2.24, 2.45) is 11.3 Å². The van der Waals surface area contributed by atoms with Gasteiger partial charge in [0, 0.05) is 44.0 Å². The third-order valence-corrected chi connectivity index (χ3v) is 6.42. The van der Waals surface area contributed by atoms with E-state index in [9.17, 15) is 9.59 Å². The zero-order valence-corrected chi connectivity index (χ0v) is 18.4. The van der Waals surface area contributed by atoms with Crippen LogP contribution in [0.1, 0.15) is 48.9 Å². The Balaban J connectivity index is 2.01. The van der Waals surface area contributed by atoms with E-state index in [1.54, 1.807) is 18.4 Å². The highest BCUT2D eigenvalue weighted by atomic mass is 32.1. The number of hydrogen-bond donors (Lipinski definition) is 1. The summed E-state index contributed by atoms with van der Waals surface area (Å²) in [7, 11) is 3.68. The second kappa shape index (κ2) is 7.79. The Labute approximate surface area is 171 Å². The predicted molar refractivity (Wildman–Crippen MR) is 113 cm³/mol. The van der Waals surface area contributed by atoms with Gasteiger partial charge in [0.15, 0.2) is 5.78 Å². The van der Waals surface area contributed by atoms with E-state index in [0.717, 1.165) is 30.2 Å². The summed E-state index contributed by atoms with van der Waals surface area (Å²) in [6.45, 7) is 10.5. The van der Waals surface area contributed by atoms with Gasteiger partial charge in [-0.25, -0.2) is 4.98 Å². The first-order chi connectivity index (χ1) is 13.1. The maximum absolute atomic E-state index is 13.3. The molecule has 2 aromatic heterocycles. The van der Waals surface area contributed by atoms with E-state index in [-0.39, 0.29) is 23.5 Å². The minimum Gasteiger partial charge on any atom is -0.359 e. The largest absolute Gasteiger partial charge is 0.359 e. The number of carbonyl (C=O) groups excluding carboxylic acids is 2. The summed E-state index contributed by atoms with van der Waals surface area (Å²) >= 11 is 1.65. The quantitative estimate of drug-likeness (QED) is 0.779. The Kier molecular flexibility index (Phi) is 5.77. The number of ketones is 1. The van der Waals surface area contributed by atoms with Crippen molar-refractivity contribution in [1.29, 1.82) is 0 Å². The van der Waals surface area contributed by atoms with Crippen LogP contribution in [0, 0.1) is 18.3 Å². The standard InChI is InChI=1S/C21H30N4O2S/c1-13-11-28-12-14(13)19-23-18(16-10-24(6)7-8-25(16)19)17(26)9-15(20(27)22-5)21(2,3)4/h11-12,15H,7-10H2,1-6H3,(H,22,27)/t15-/m1/s1. The van der Waals surface area contributed by atoms with Gasteiger partial charge in [-0.05, 0) is 30.3 Å². The van der Waals surface area contributed by atoms with Gasteiger partial charge in [-0.15, -0.1) is 0 Å². The molecule has 0 unspecified atom stereocenters. The van der Waals surface area contributed by atoms with Crippen LogP contribution in [0.2, 0.25) is 0 Å². The zero-order chi connectivity index (χ0) is 20.6. The first-order valence-corrected chi connectivity index (χ1v) is 10.6. The van der Waals surface area contributed by atoms with Crippen molar-refractivity contribution in [3.05, 3.63) is 27.7 Å². The topological polar surface area (TPSA) is 67.2 Å². The summed E-state index contributed by atoms with van der Waals surface area (Å²) in [6, 6.07) is 0. The van der Waals surface area contributed by atoms with Gasteiger partial charge in [-0.1, -0.05) is 20.8 Å². The molecule has 0 radical (unpaired) electrons. The molecule has 3 rings (SSSR count).